The quantitative estimate of drug-likeness (QED) is 0.254. The van der Waals surface area contributed by atoms with Crippen molar-refractivity contribution in [2.24, 2.45) is 0 Å². The number of pyridine rings is 1. The molecule has 1 aromatic heterocycles. The molecule has 4 N–H and O–H groups in total. The highest BCUT2D eigenvalue weighted by atomic mass is 35.5. The number of rotatable bonds is 9. The molecule has 3 aliphatic heterocycles. The molecule has 0 spiro atoms. The van der Waals surface area contributed by atoms with Crippen LogP contribution in [0.4, 0.5) is 14.9 Å². The van der Waals surface area contributed by atoms with E-state index < -0.39 is 39.8 Å². The fourth-order valence-corrected chi connectivity index (χ4v) is 8.75. The average molecular weight is 658 g/mol. The number of anilines is 1. The lowest BCUT2D eigenvalue weighted by Crippen LogP contribution is -2.53. The van der Waals surface area contributed by atoms with Crippen molar-refractivity contribution in [2.45, 2.75) is 55.8 Å². The van der Waals surface area contributed by atoms with Crippen molar-refractivity contribution in [1.29, 1.82) is 0 Å². The van der Waals surface area contributed by atoms with Gasteiger partial charge in [-0.15, -0.1) is 0 Å². The number of carbonyl (C=O) groups is 2. The molecule has 0 radical (unpaired) electrons. The second-order valence-electron chi connectivity index (χ2n) is 11.7. The summed E-state index contributed by atoms with van der Waals surface area (Å²) >= 11 is 6.09. The van der Waals surface area contributed by atoms with Gasteiger partial charge >= 0.3 is 6.09 Å². The first-order chi connectivity index (χ1) is 21.5. The summed E-state index contributed by atoms with van der Waals surface area (Å²) < 4.78 is 43.1. The molecular formula is C31H33ClFN5O6S. The number of aromatic nitrogens is 1. The predicted molar refractivity (Wildman–Crippen MR) is 165 cm³/mol. The number of piperazine rings is 1. The molecule has 3 saturated heterocycles. The van der Waals surface area contributed by atoms with Crippen LogP contribution in [-0.4, -0.2) is 87.8 Å². The molecule has 4 unspecified atom stereocenters. The molecule has 4 heterocycles. The van der Waals surface area contributed by atoms with E-state index in [0.717, 1.165) is 13.0 Å². The third-order valence-corrected chi connectivity index (χ3v) is 11.2. The monoisotopic (exact) mass is 657 g/mol. The lowest BCUT2D eigenvalue weighted by Gasteiger charge is -2.37. The van der Waals surface area contributed by atoms with Gasteiger partial charge in [-0.25, -0.2) is 22.6 Å². The zero-order valence-corrected chi connectivity index (χ0v) is 25.7. The molecule has 2 amide bonds. The molecule has 7 atom stereocenters. The Balaban J connectivity index is 1.28. The number of hydrogen-bond donors (Lipinski definition) is 4. The maximum absolute atomic E-state index is 15.4. The van der Waals surface area contributed by atoms with E-state index in [0.29, 0.717) is 35.5 Å². The van der Waals surface area contributed by atoms with Crippen LogP contribution < -0.4 is 10.6 Å². The maximum Gasteiger partial charge on any atom is 0.405 e. The van der Waals surface area contributed by atoms with Crippen LogP contribution in [-0.2, 0) is 21.2 Å². The maximum atomic E-state index is 15.4. The number of benzene rings is 2. The molecule has 45 heavy (non-hydrogen) atoms. The number of halogens is 2. The lowest BCUT2D eigenvalue weighted by molar-refractivity contribution is -0.118. The van der Waals surface area contributed by atoms with Crippen molar-refractivity contribution in [1.82, 2.24) is 19.5 Å². The predicted octanol–water partition coefficient (Wildman–Crippen LogP) is 3.78. The highest BCUT2D eigenvalue weighted by Crippen LogP contribution is 2.40. The van der Waals surface area contributed by atoms with E-state index in [2.05, 4.69) is 20.5 Å². The molecule has 2 bridgehead atoms. The lowest BCUT2D eigenvalue weighted by atomic mass is 9.85. The summed E-state index contributed by atoms with van der Waals surface area (Å²) in [6, 6.07) is 12.3. The normalized spacial score (nSPS) is 26.0. The smallest absolute Gasteiger partial charge is 0.405 e. The van der Waals surface area contributed by atoms with E-state index in [1.54, 1.807) is 28.6 Å². The number of fused-ring (bicyclic) bond motifs is 4. The molecule has 0 aliphatic carbocycles. The first kappa shape index (κ1) is 31.2. The van der Waals surface area contributed by atoms with Crippen molar-refractivity contribution >= 4 is 39.3 Å². The Bertz CT molecular complexity index is 1650. The number of sulfonamides is 1. The van der Waals surface area contributed by atoms with Gasteiger partial charge < -0.3 is 20.8 Å². The number of carbonyl (C=O) groups excluding carboxylic acids is 1. The van der Waals surface area contributed by atoms with Crippen molar-refractivity contribution < 1.29 is 32.6 Å². The molecular weight excluding hydrogens is 625 g/mol. The summed E-state index contributed by atoms with van der Waals surface area (Å²) in [6.45, 7) is 1.24. The van der Waals surface area contributed by atoms with E-state index in [9.17, 15) is 28.2 Å². The molecule has 2 aromatic carbocycles. The van der Waals surface area contributed by atoms with Gasteiger partial charge in [0.25, 0.3) is 0 Å². The van der Waals surface area contributed by atoms with Crippen LogP contribution in [0.5, 0.6) is 5.88 Å². The summed E-state index contributed by atoms with van der Waals surface area (Å²) in [4.78, 5) is 32.1. The highest BCUT2D eigenvalue weighted by Gasteiger charge is 2.55. The van der Waals surface area contributed by atoms with Gasteiger partial charge in [-0.3, -0.25) is 9.69 Å². The van der Waals surface area contributed by atoms with Gasteiger partial charge in [0.1, 0.15) is 11.9 Å². The molecule has 3 aliphatic rings. The fraction of sp³-hybridized carbons (Fsp3) is 0.387. The Morgan fingerprint density at radius 3 is 2.56 bits per heavy atom. The van der Waals surface area contributed by atoms with E-state index in [1.807, 2.05) is 0 Å². The van der Waals surface area contributed by atoms with Crippen LogP contribution in [0.1, 0.15) is 41.9 Å². The Morgan fingerprint density at radius 2 is 1.84 bits per heavy atom. The van der Waals surface area contributed by atoms with Crippen LogP contribution in [0.3, 0.4) is 0 Å². The largest absolute Gasteiger partial charge is 0.493 e. The zero-order valence-electron chi connectivity index (χ0n) is 24.1. The highest BCUT2D eigenvalue weighted by molar-refractivity contribution is 7.89. The Hall–Kier alpha value is -3.78. The van der Waals surface area contributed by atoms with Gasteiger partial charge in [0, 0.05) is 65.7 Å². The van der Waals surface area contributed by atoms with Crippen LogP contribution in [0.25, 0.3) is 0 Å². The summed E-state index contributed by atoms with van der Waals surface area (Å²) in [6.07, 6.45) is 1.87. The van der Waals surface area contributed by atoms with Gasteiger partial charge in [0.05, 0.1) is 5.75 Å². The van der Waals surface area contributed by atoms with Crippen LogP contribution >= 0.6 is 11.6 Å². The first-order valence-corrected chi connectivity index (χ1v) is 16.7. The molecule has 238 valence electrons. The summed E-state index contributed by atoms with van der Waals surface area (Å²) in [5.74, 6) is -2.35. The van der Waals surface area contributed by atoms with E-state index >= 15 is 4.39 Å². The summed E-state index contributed by atoms with van der Waals surface area (Å²) in [7, 11) is -3.43. The minimum absolute atomic E-state index is 0.0876. The average Bonchev–Trinajstić information content (AvgIpc) is 3.81. The van der Waals surface area contributed by atoms with Crippen LogP contribution in [0, 0.1) is 5.82 Å². The molecule has 3 aromatic rings. The molecule has 14 heteroatoms. The number of amides is 2. The number of aromatic hydroxyl groups is 1. The third-order valence-electron chi connectivity index (χ3n) is 8.98. The van der Waals surface area contributed by atoms with E-state index in [4.69, 9.17) is 11.6 Å². The second-order valence-corrected chi connectivity index (χ2v) is 14.2. The van der Waals surface area contributed by atoms with Crippen molar-refractivity contribution in [3.8, 4) is 5.88 Å². The SMILES string of the molecule is O=C(O)N[C@H](C(=O)Nc1cccc(F)c1CCC1C2C[N@@]2C2CCCS(=O)(=O)N1C2)[C@@H](c1ccc(Cl)cc1)c1ccc(O)nc1. The standard InChI is InChI=1S/C31H33ClFN5O6S/c32-20-9-6-18(7-10-20)28(19-8-13-27(39)34-15-19)29(36-31(41)42)30(40)35-24-5-1-4-23(33)22(24)11-12-25-26-17-37(26)21-3-2-14-45(43,44)38(25)16-21/h1,4-10,13,15,21,25-26,28-29,36H,2-3,11-12,14,16-17H2,(H,34,39)(H,35,40)(H,41,42)/t21?,25?,26?,28-,29-,37-/m0/s1. The van der Waals surface area contributed by atoms with Crippen molar-refractivity contribution in [3.05, 3.63) is 88.3 Å². The molecule has 3 fully saturated rings. The number of nitrogens with one attached hydrogen (secondary N) is 2. The van der Waals surface area contributed by atoms with Gasteiger partial charge in [0.15, 0.2) is 0 Å². The van der Waals surface area contributed by atoms with Gasteiger partial charge in [0.2, 0.25) is 21.8 Å². The number of carboxylic acid groups (broad SMARTS) is 1. The summed E-state index contributed by atoms with van der Waals surface area (Å²) in [5.41, 5.74) is 1.35. The van der Waals surface area contributed by atoms with Crippen molar-refractivity contribution in [2.75, 3.05) is 24.2 Å². The van der Waals surface area contributed by atoms with Crippen LogP contribution in [0.15, 0.2) is 60.8 Å². The minimum Gasteiger partial charge on any atom is -0.493 e. The molecule has 0 saturated carbocycles. The fourth-order valence-electron chi connectivity index (χ4n) is 6.80. The molecule has 6 rings (SSSR count). The van der Waals surface area contributed by atoms with Gasteiger partial charge in [-0.2, -0.15) is 4.31 Å². The third kappa shape index (κ3) is 6.62. The molecule has 11 nitrogen and oxygen atoms in total. The van der Waals surface area contributed by atoms with E-state index in [-0.39, 0.29) is 47.4 Å². The Labute approximate surface area is 265 Å². The number of hydrogen-bond acceptors (Lipinski definition) is 7. The second kappa shape index (κ2) is 12.5. The zero-order chi connectivity index (χ0) is 31.9. The van der Waals surface area contributed by atoms with Gasteiger partial charge in [-0.05, 0) is 61.1 Å². The van der Waals surface area contributed by atoms with Crippen molar-refractivity contribution in [3.63, 3.8) is 0 Å². The Kier molecular flexibility index (Phi) is 8.70. The number of nitrogens with zero attached hydrogens (tertiary/aromatic N) is 3. The first-order valence-electron chi connectivity index (χ1n) is 14.7. The summed E-state index contributed by atoms with van der Waals surface area (Å²) in [5, 5.41) is 25.0. The topological polar surface area (TPSA) is 152 Å². The van der Waals surface area contributed by atoms with E-state index in [1.165, 1.54) is 36.5 Å². The van der Waals surface area contributed by atoms with Crippen LogP contribution in [0.2, 0.25) is 5.02 Å². The minimum atomic E-state index is -3.43. The Morgan fingerprint density at radius 1 is 1.09 bits per heavy atom. The van der Waals surface area contributed by atoms with Gasteiger partial charge in [-0.1, -0.05) is 35.9 Å².